The first-order valence-corrected chi connectivity index (χ1v) is 10.6. The lowest BCUT2D eigenvalue weighted by atomic mass is 9.97. The molecular formula is C26H25FN2O2. The van der Waals surface area contributed by atoms with Crippen molar-refractivity contribution in [2.45, 2.75) is 33.1 Å². The minimum absolute atomic E-state index is 0.159. The van der Waals surface area contributed by atoms with Crippen LogP contribution in [-0.4, -0.2) is 18.4 Å². The number of carbonyl (C=O) groups excluding carboxylic acids is 2. The predicted molar refractivity (Wildman–Crippen MR) is 121 cm³/mol. The topological polar surface area (TPSA) is 49.4 Å². The molecule has 3 aromatic carbocycles. The number of aryl methyl sites for hydroxylation is 3. The highest BCUT2D eigenvalue weighted by molar-refractivity contribution is 6.08. The lowest BCUT2D eigenvalue weighted by Gasteiger charge is -2.30. The second-order valence-electron chi connectivity index (χ2n) is 7.83. The molecule has 0 saturated heterocycles. The smallest absolute Gasteiger partial charge is 0.258 e. The number of hydrogen-bond acceptors (Lipinski definition) is 2. The Morgan fingerprint density at radius 1 is 1.03 bits per heavy atom. The molecule has 1 aliphatic rings. The molecule has 158 valence electrons. The number of halogens is 1. The zero-order chi connectivity index (χ0) is 22.0. The van der Waals surface area contributed by atoms with Crippen LogP contribution >= 0.6 is 0 Å². The predicted octanol–water partition coefficient (Wildman–Crippen LogP) is 5.54. The van der Waals surface area contributed by atoms with Gasteiger partial charge in [0.1, 0.15) is 5.82 Å². The normalized spacial score (nSPS) is 12.9. The summed E-state index contributed by atoms with van der Waals surface area (Å²) in [5.41, 5.74) is 5.78. The van der Waals surface area contributed by atoms with Crippen molar-refractivity contribution in [3.8, 4) is 0 Å². The Labute approximate surface area is 181 Å². The van der Waals surface area contributed by atoms with Crippen LogP contribution in [0, 0.1) is 12.7 Å². The van der Waals surface area contributed by atoms with E-state index >= 15 is 0 Å². The summed E-state index contributed by atoms with van der Waals surface area (Å²) in [5.74, 6) is -0.689. The van der Waals surface area contributed by atoms with Gasteiger partial charge in [-0.3, -0.25) is 9.59 Å². The molecule has 0 unspecified atom stereocenters. The second-order valence-corrected chi connectivity index (χ2v) is 7.83. The Morgan fingerprint density at radius 2 is 1.77 bits per heavy atom. The fourth-order valence-electron chi connectivity index (χ4n) is 4.09. The van der Waals surface area contributed by atoms with E-state index in [9.17, 15) is 14.0 Å². The van der Waals surface area contributed by atoms with Crippen LogP contribution in [0.1, 0.15) is 50.8 Å². The third-order valence-electron chi connectivity index (χ3n) is 5.78. The lowest BCUT2D eigenvalue weighted by Crippen LogP contribution is -2.35. The van der Waals surface area contributed by atoms with E-state index in [1.807, 2.05) is 37.3 Å². The van der Waals surface area contributed by atoms with Gasteiger partial charge in [-0.25, -0.2) is 4.39 Å². The fraction of sp³-hybridized carbons (Fsp3) is 0.231. The van der Waals surface area contributed by atoms with E-state index in [4.69, 9.17) is 0 Å². The van der Waals surface area contributed by atoms with Crippen LogP contribution in [0.5, 0.6) is 0 Å². The molecule has 0 spiro atoms. The van der Waals surface area contributed by atoms with Gasteiger partial charge in [0, 0.05) is 29.0 Å². The van der Waals surface area contributed by atoms with Crippen LogP contribution in [0.2, 0.25) is 0 Å². The van der Waals surface area contributed by atoms with E-state index in [1.54, 1.807) is 11.0 Å². The zero-order valence-corrected chi connectivity index (χ0v) is 17.7. The molecule has 1 N–H and O–H groups in total. The summed E-state index contributed by atoms with van der Waals surface area (Å²) < 4.78 is 13.2. The Morgan fingerprint density at radius 3 is 2.52 bits per heavy atom. The van der Waals surface area contributed by atoms with Crippen LogP contribution in [0.15, 0.2) is 60.7 Å². The molecular weight excluding hydrogens is 391 g/mol. The summed E-state index contributed by atoms with van der Waals surface area (Å²) in [6, 6.07) is 17.1. The molecule has 5 heteroatoms. The molecule has 0 bridgehead atoms. The van der Waals surface area contributed by atoms with Gasteiger partial charge < -0.3 is 10.2 Å². The number of amides is 2. The Hall–Kier alpha value is -3.47. The summed E-state index contributed by atoms with van der Waals surface area (Å²) >= 11 is 0. The van der Waals surface area contributed by atoms with Gasteiger partial charge in [-0.05, 0) is 85.3 Å². The van der Waals surface area contributed by atoms with E-state index in [0.29, 0.717) is 17.7 Å². The maximum atomic E-state index is 13.2. The quantitative estimate of drug-likeness (QED) is 0.607. The average molecular weight is 416 g/mol. The molecule has 3 aromatic rings. The minimum atomic E-state index is -0.369. The number of nitrogens with one attached hydrogen (secondary N) is 1. The highest BCUT2D eigenvalue weighted by Crippen LogP contribution is 2.30. The van der Waals surface area contributed by atoms with Gasteiger partial charge in [-0.15, -0.1) is 0 Å². The monoisotopic (exact) mass is 416 g/mol. The first-order chi connectivity index (χ1) is 15.0. The summed E-state index contributed by atoms with van der Waals surface area (Å²) in [4.78, 5) is 27.6. The van der Waals surface area contributed by atoms with Crippen molar-refractivity contribution in [3.05, 3.63) is 94.3 Å². The van der Waals surface area contributed by atoms with Gasteiger partial charge in [0.05, 0.1) is 0 Å². The van der Waals surface area contributed by atoms with Gasteiger partial charge in [0.2, 0.25) is 0 Å². The maximum absolute atomic E-state index is 13.2. The number of benzene rings is 3. The van der Waals surface area contributed by atoms with Crippen molar-refractivity contribution in [1.82, 2.24) is 0 Å². The molecule has 0 radical (unpaired) electrons. The van der Waals surface area contributed by atoms with Gasteiger partial charge >= 0.3 is 0 Å². The van der Waals surface area contributed by atoms with E-state index < -0.39 is 0 Å². The van der Waals surface area contributed by atoms with Gasteiger partial charge in [0.25, 0.3) is 11.8 Å². The number of carbonyl (C=O) groups is 2. The molecule has 2 amide bonds. The molecule has 1 aliphatic heterocycles. The molecule has 0 saturated carbocycles. The van der Waals surface area contributed by atoms with E-state index in [2.05, 4.69) is 12.2 Å². The summed E-state index contributed by atoms with van der Waals surface area (Å²) in [6.45, 7) is 4.65. The van der Waals surface area contributed by atoms with Crippen molar-refractivity contribution in [2.24, 2.45) is 0 Å². The number of rotatable bonds is 4. The summed E-state index contributed by atoms with van der Waals surface area (Å²) in [6.07, 6.45) is 2.44. The first-order valence-electron chi connectivity index (χ1n) is 10.6. The van der Waals surface area contributed by atoms with E-state index in [0.717, 1.165) is 47.3 Å². The number of hydrogen-bond donors (Lipinski definition) is 1. The van der Waals surface area contributed by atoms with Crippen molar-refractivity contribution in [2.75, 3.05) is 16.8 Å². The third kappa shape index (κ3) is 4.22. The van der Waals surface area contributed by atoms with Crippen molar-refractivity contribution in [1.29, 1.82) is 0 Å². The van der Waals surface area contributed by atoms with Crippen molar-refractivity contribution in [3.63, 3.8) is 0 Å². The molecule has 31 heavy (non-hydrogen) atoms. The van der Waals surface area contributed by atoms with Crippen LogP contribution in [-0.2, 0) is 12.8 Å². The molecule has 0 aromatic heterocycles. The van der Waals surface area contributed by atoms with Crippen LogP contribution in [0.25, 0.3) is 0 Å². The van der Waals surface area contributed by atoms with Crippen molar-refractivity contribution >= 4 is 23.2 Å². The fourth-order valence-corrected chi connectivity index (χ4v) is 4.09. The van der Waals surface area contributed by atoms with Crippen LogP contribution in [0.4, 0.5) is 15.8 Å². The minimum Gasteiger partial charge on any atom is -0.321 e. The number of para-hydroxylation sites is 1. The standard InChI is InChI=1S/C26H25FN2O2/c1-3-18-7-4-6-17(2)24(18)28-25(30)21-11-14-23-20(16-21)8-5-15-29(23)26(31)19-9-12-22(27)13-10-19/h4,6-7,9-14,16H,3,5,8,15H2,1-2H3,(H,28,30). The number of anilines is 2. The number of nitrogens with zero attached hydrogens (tertiary/aromatic N) is 1. The summed E-state index contributed by atoms with van der Waals surface area (Å²) in [7, 11) is 0. The molecule has 0 fully saturated rings. The van der Waals surface area contributed by atoms with Gasteiger partial charge in [-0.1, -0.05) is 25.1 Å². The van der Waals surface area contributed by atoms with Gasteiger partial charge in [0.15, 0.2) is 0 Å². The van der Waals surface area contributed by atoms with Crippen LogP contribution < -0.4 is 10.2 Å². The first kappa shape index (κ1) is 20.8. The lowest BCUT2D eigenvalue weighted by molar-refractivity contribution is 0.0984. The highest BCUT2D eigenvalue weighted by atomic mass is 19.1. The SMILES string of the molecule is CCc1cccc(C)c1NC(=O)c1ccc2c(c1)CCCN2C(=O)c1ccc(F)cc1. The Balaban J connectivity index is 1.59. The molecule has 4 nitrogen and oxygen atoms in total. The maximum Gasteiger partial charge on any atom is 0.258 e. The van der Waals surface area contributed by atoms with E-state index in [1.165, 1.54) is 24.3 Å². The molecule has 4 rings (SSSR count). The van der Waals surface area contributed by atoms with Crippen molar-refractivity contribution < 1.29 is 14.0 Å². The number of fused-ring (bicyclic) bond motifs is 1. The zero-order valence-electron chi connectivity index (χ0n) is 17.7. The van der Waals surface area contributed by atoms with E-state index in [-0.39, 0.29) is 17.6 Å². The Bertz CT molecular complexity index is 1140. The molecule has 1 heterocycles. The van der Waals surface area contributed by atoms with Gasteiger partial charge in [-0.2, -0.15) is 0 Å². The summed E-state index contributed by atoms with van der Waals surface area (Å²) in [5, 5.41) is 3.06. The molecule has 0 aliphatic carbocycles. The van der Waals surface area contributed by atoms with Crippen LogP contribution in [0.3, 0.4) is 0 Å². The average Bonchev–Trinajstić information content (AvgIpc) is 2.79. The second kappa shape index (κ2) is 8.72. The molecule has 0 atom stereocenters. The largest absolute Gasteiger partial charge is 0.321 e. The Kier molecular flexibility index (Phi) is 5.85. The third-order valence-corrected chi connectivity index (χ3v) is 5.78. The highest BCUT2D eigenvalue weighted by Gasteiger charge is 2.24.